The Morgan fingerprint density at radius 1 is 1.11 bits per heavy atom. The van der Waals surface area contributed by atoms with Crippen LogP contribution in [0, 0.1) is 11.8 Å². The monoisotopic (exact) mass is 406 g/mol. The van der Waals surface area contributed by atoms with Gasteiger partial charge >= 0.3 is 11.9 Å². The van der Waals surface area contributed by atoms with Crippen molar-refractivity contribution in [2.24, 2.45) is 17.6 Å². The van der Waals surface area contributed by atoms with Crippen LogP contribution in [-0.4, -0.2) is 66.2 Å². The van der Waals surface area contributed by atoms with Gasteiger partial charge in [-0.1, -0.05) is 20.8 Å². The second-order valence-corrected chi connectivity index (χ2v) is 7.34. The van der Waals surface area contributed by atoms with Crippen LogP contribution in [0.15, 0.2) is 0 Å². The highest BCUT2D eigenvalue weighted by Crippen LogP contribution is 2.10. The summed E-state index contributed by atoms with van der Waals surface area (Å²) >= 11 is 1.40. The van der Waals surface area contributed by atoms with Gasteiger partial charge in [-0.3, -0.25) is 19.2 Å². The van der Waals surface area contributed by atoms with Gasteiger partial charge in [0.15, 0.2) is 0 Å². The summed E-state index contributed by atoms with van der Waals surface area (Å²) in [7, 11) is 0. The van der Waals surface area contributed by atoms with E-state index in [-0.39, 0.29) is 43.9 Å². The number of carbonyl (C=O) groups is 4. The van der Waals surface area contributed by atoms with Crippen molar-refractivity contribution in [1.82, 2.24) is 5.32 Å². The van der Waals surface area contributed by atoms with Crippen molar-refractivity contribution in [1.29, 1.82) is 0 Å². The molecule has 0 aromatic heterocycles. The van der Waals surface area contributed by atoms with E-state index in [0.29, 0.717) is 17.9 Å². The van der Waals surface area contributed by atoms with Crippen molar-refractivity contribution in [3.8, 4) is 0 Å². The van der Waals surface area contributed by atoms with Crippen LogP contribution in [-0.2, 0) is 28.7 Å². The SMILES string of the molecule is CCC(C)C(=O)OCC(O)COC(=O)CCSCC(C)C(=O)NCC(N)=O. The first-order valence-corrected chi connectivity index (χ1v) is 9.96. The standard InChI is InChI=1S/C17H30N2O7S/c1-4-11(2)17(24)26-9-13(20)8-25-15(22)5-6-27-10-12(3)16(23)19-7-14(18)21/h11-13,20H,4-10H2,1-3H3,(H2,18,21)(H,19,23). The van der Waals surface area contributed by atoms with Crippen molar-refractivity contribution >= 4 is 35.5 Å². The van der Waals surface area contributed by atoms with E-state index in [4.69, 9.17) is 15.2 Å². The fourth-order valence-corrected chi connectivity index (χ4v) is 2.62. The first-order chi connectivity index (χ1) is 12.7. The normalized spacial score (nSPS) is 13.9. The summed E-state index contributed by atoms with van der Waals surface area (Å²) in [5, 5.41) is 12.1. The van der Waals surface area contributed by atoms with Gasteiger partial charge in [-0.2, -0.15) is 11.8 Å². The summed E-state index contributed by atoms with van der Waals surface area (Å²) in [6, 6.07) is 0. The number of ether oxygens (including phenoxy) is 2. The largest absolute Gasteiger partial charge is 0.463 e. The summed E-state index contributed by atoms with van der Waals surface area (Å²) in [6.45, 7) is 4.63. The molecule has 27 heavy (non-hydrogen) atoms. The van der Waals surface area contributed by atoms with Gasteiger partial charge in [0.25, 0.3) is 0 Å². The Morgan fingerprint density at radius 2 is 1.74 bits per heavy atom. The van der Waals surface area contributed by atoms with Gasteiger partial charge in [-0.25, -0.2) is 0 Å². The number of nitrogens with two attached hydrogens (primary N) is 1. The average molecular weight is 407 g/mol. The topological polar surface area (TPSA) is 145 Å². The molecule has 156 valence electrons. The lowest BCUT2D eigenvalue weighted by atomic mass is 10.1. The second kappa shape index (κ2) is 14.3. The molecule has 2 amide bonds. The Balaban J connectivity index is 3.81. The van der Waals surface area contributed by atoms with Crippen molar-refractivity contribution in [2.75, 3.05) is 31.3 Å². The summed E-state index contributed by atoms with van der Waals surface area (Å²) in [5.41, 5.74) is 4.95. The molecular weight excluding hydrogens is 376 g/mol. The number of hydrogen-bond donors (Lipinski definition) is 3. The highest BCUT2D eigenvalue weighted by atomic mass is 32.2. The van der Waals surface area contributed by atoms with Crippen LogP contribution in [0.1, 0.15) is 33.6 Å². The van der Waals surface area contributed by atoms with E-state index in [9.17, 15) is 24.3 Å². The molecule has 0 aliphatic heterocycles. The summed E-state index contributed by atoms with van der Waals surface area (Å²) in [6.07, 6.45) is -0.296. The predicted octanol–water partition coefficient (Wildman–Crippen LogP) is -0.159. The number of aliphatic hydroxyl groups excluding tert-OH is 1. The zero-order chi connectivity index (χ0) is 20.8. The van der Waals surface area contributed by atoms with Crippen molar-refractivity contribution in [3.05, 3.63) is 0 Å². The molecule has 0 saturated heterocycles. The number of esters is 2. The van der Waals surface area contributed by atoms with Gasteiger partial charge in [0.05, 0.1) is 18.9 Å². The fraction of sp³-hybridized carbons (Fsp3) is 0.765. The third-order valence-electron chi connectivity index (χ3n) is 3.57. The molecular formula is C17H30N2O7S. The third-order valence-corrected chi connectivity index (χ3v) is 4.80. The number of hydrogen-bond acceptors (Lipinski definition) is 8. The molecule has 0 bridgehead atoms. The fourth-order valence-electron chi connectivity index (χ4n) is 1.64. The number of primary amides is 1. The Hall–Kier alpha value is -1.81. The molecule has 0 aliphatic carbocycles. The first-order valence-electron chi connectivity index (χ1n) is 8.81. The Labute approximate surface area is 163 Å². The minimum Gasteiger partial charge on any atom is -0.463 e. The molecule has 0 heterocycles. The summed E-state index contributed by atoms with van der Waals surface area (Å²) < 4.78 is 9.84. The molecule has 0 fully saturated rings. The smallest absolute Gasteiger partial charge is 0.308 e. The molecule has 0 aromatic rings. The van der Waals surface area contributed by atoms with Crippen molar-refractivity contribution in [3.63, 3.8) is 0 Å². The van der Waals surface area contributed by atoms with Crippen LogP contribution in [0.4, 0.5) is 0 Å². The van der Waals surface area contributed by atoms with E-state index in [0.717, 1.165) is 0 Å². The minimum absolute atomic E-state index is 0.125. The second-order valence-electron chi connectivity index (χ2n) is 6.19. The number of nitrogens with one attached hydrogen (secondary N) is 1. The molecule has 0 saturated carbocycles. The van der Waals surface area contributed by atoms with Crippen LogP contribution in [0.25, 0.3) is 0 Å². The number of aliphatic hydroxyl groups is 1. The van der Waals surface area contributed by atoms with E-state index >= 15 is 0 Å². The van der Waals surface area contributed by atoms with E-state index < -0.39 is 23.9 Å². The quantitative estimate of drug-likeness (QED) is 0.266. The highest BCUT2D eigenvalue weighted by molar-refractivity contribution is 7.99. The number of carbonyl (C=O) groups excluding carboxylic acids is 4. The van der Waals surface area contributed by atoms with Gasteiger partial charge in [-0.15, -0.1) is 0 Å². The molecule has 3 atom stereocenters. The lowest BCUT2D eigenvalue weighted by Gasteiger charge is -2.14. The Kier molecular flexibility index (Phi) is 13.3. The molecule has 0 aliphatic rings. The number of thioether (sulfide) groups is 1. The molecule has 3 unspecified atom stereocenters. The van der Waals surface area contributed by atoms with Gasteiger partial charge in [0, 0.05) is 17.4 Å². The lowest BCUT2D eigenvalue weighted by Crippen LogP contribution is -2.37. The van der Waals surface area contributed by atoms with Crippen molar-refractivity contribution in [2.45, 2.75) is 39.7 Å². The predicted molar refractivity (Wildman–Crippen MR) is 101 cm³/mol. The van der Waals surface area contributed by atoms with Crippen LogP contribution in [0.3, 0.4) is 0 Å². The molecule has 0 spiro atoms. The van der Waals surface area contributed by atoms with Gasteiger partial charge in [0.2, 0.25) is 11.8 Å². The maximum absolute atomic E-state index is 11.6. The van der Waals surface area contributed by atoms with Gasteiger partial charge in [-0.05, 0) is 6.42 Å². The zero-order valence-corrected chi connectivity index (χ0v) is 16.9. The molecule has 9 nitrogen and oxygen atoms in total. The van der Waals surface area contributed by atoms with Crippen LogP contribution >= 0.6 is 11.8 Å². The first kappa shape index (κ1) is 25.2. The van der Waals surface area contributed by atoms with Crippen LogP contribution < -0.4 is 11.1 Å². The maximum Gasteiger partial charge on any atom is 0.308 e. The molecule has 0 rings (SSSR count). The highest BCUT2D eigenvalue weighted by Gasteiger charge is 2.16. The summed E-state index contributed by atoms with van der Waals surface area (Å²) in [4.78, 5) is 45.3. The van der Waals surface area contributed by atoms with Gasteiger partial charge < -0.3 is 25.6 Å². The van der Waals surface area contributed by atoms with Crippen molar-refractivity contribution < 1.29 is 33.8 Å². The lowest BCUT2D eigenvalue weighted by molar-refractivity contribution is -0.154. The Bertz CT molecular complexity index is 502. The molecule has 10 heteroatoms. The van der Waals surface area contributed by atoms with E-state index in [2.05, 4.69) is 5.32 Å². The third kappa shape index (κ3) is 13.1. The maximum atomic E-state index is 11.6. The van der Waals surface area contributed by atoms with E-state index in [1.54, 1.807) is 13.8 Å². The molecule has 0 aromatic carbocycles. The van der Waals surface area contributed by atoms with Gasteiger partial charge in [0.1, 0.15) is 19.3 Å². The number of amides is 2. The van der Waals surface area contributed by atoms with Crippen LogP contribution in [0.2, 0.25) is 0 Å². The Morgan fingerprint density at radius 3 is 2.33 bits per heavy atom. The average Bonchev–Trinajstić information content (AvgIpc) is 2.64. The number of rotatable bonds is 14. The summed E-state index contributed by atoms with van der Waals surface area (Å²) in [5.74, 6) is -1.41. The van der Waals surface area contributed by atoms with E-state index in [1.165, 1.54) is 11.8 Å². The van der Waals surface area contributed by atoms with Crippen LogP contribution in [0.5, 0.6) is 0 Å². The molecule has 4 N–H and O–H groups in total. The van der Waals surface area contributed by atoms with E-state index in [1.807, 2.05) is 6.92 Å². The molecule has 0 radical (unpaired) electrons. The minimum atomic E-state index is -1.07. The zero-order valence-electron chi connectivity index (χ0n) is 16.1.